The fourth-order valence-electron chi connectivity index (χ4n) is 3.09. The summed E-state index contributed by atoms with van der Waals surface area (Å²) in [5.41, 5.74) is 3.36. The van der Waals surface area contributed by atoms with Crippen LogP contribution in [0.3, 0.4) is 0 Å². The maximum absolute atomic E-state index is 12.2. The van der Waals surface area contributed by atoms with E-state index in [0.717, 1.165) is 36.4 Å². The van der Waals surface area contributed by atoms with E-state index in [2.05, 4.69) is 16.3 Å². The number of phenolic OH excluding ortho intramolecular Hbond substituents is 1. The molecule has 26 heavy (non-hydrogen) atoms. The highest BCUT2D eigenvalue weighted by molar-refractivity contribution is 5.78. The number of methoxy groups -OCH3 is 1. The summed E-state index contributed by atoms with van der Waals surface area (Å²) in [5.74, 6) is 1.07. The molecular weight excluding hydrogens is 328 g/mol. The first kappa shape index (κ1) is 18.0. The van der Waals surface area contributed by atoms with Crippen LogP contribution < -0.4 is 10.1 Å². The van der Waals surface area contributed by atoms with Crippen LogP contribution >= 0.6 is 0 Å². The van der Waals surface area contributed by atoms with Crippen molar-refractivity contribution in [1.82, 2.24) is 10.2 Å². The third-order valence-electron chi connectivity index (χ3n) is 4.57. The number of rotatable bonds is 6. The van der Waals surface area contributed by atoms with Gasteiger partial charge < -0.3 is 15.2 Å². The van der Waals surface area contributed by atoms with Crippen molar-refractivity contribution >= 4 is 11.5 Å². The van der Waals surface area contributed by atoms with Crippen LogP contribution in [0.2, 0.25) is 0 Å². The van der Waals surface area contributed by atoms with Crippen molar-refractivity contribution in [1.29, 1.82) is 0 Å². The van der Waals surface area contributed by atoms with E-state index in [1.54, 1.807) is 19.2 Å². The average Bonchev–Trinajstić information content (AvgIpc) is 2.68. The molecule has 0 unspecified atom stereocenters. The lowest BCUT2D eigenvalue weighted by molar-refractivity contribution is -0.122. The van der Waals surface area contributed by atoms with Gasteiger partial charge in [-0.05, 0) is 35.8 Å². The van der Waals surface area contributed by atoms with Gasteiger partial charge in [0.05, 0.1) is 13.7 Å². The van der Waals surface area contributed by atoms with E-state index < -0.39 is 0 Å². The van der Waals surface area contributed by atoms with Crippen molar-refractivity contribution in [3.63, 3.8) is 0 Å². The van der Waals surface area contributed by atoms with Crippen LogP contribution in [0.25, 0.3) is 5.57 Å². The minimum Gasteiger partial charge on any atom is -0.508 e. The van der Waals surface area contributed by atoms with Crippen LogP contribution in [0.5, 0.6) is 11.5 Å². The molecule has 1 aliphatic rings. The van der Waals surface area contributed by atoms with Gasteiger partial charge in [-0.2, -0.15) is 0 Å². The van der Waals surface area contributed by atoms with E-state index in [1.807, 2.05) is 36.4 Å². The van der Waals surface area contributed by atoms with Crippen LogP contribution in [0.1, 0.15) is 17.5 Å². The fourth-order valence-corrected chi connectivity index (χ4v) is 3.09. The van der Waals surface area contributed by atoms with Crippen LogP contribution in [0.4, 0.5) is 0 Å². The van der Waals surface area contributed by atoms with Gasteiger partial charge in [0.2, 0.25) is 5.91 Å². The summed E-state index contributed by atoms with van der Waals surface area (Å²) in [6.45, 7) is 2.44. The Morgan fingerprint density at radius 1 is 1.19 bits per heavy atom. The molecule has 3 rings (SSSR count). The summed E-state index contributed by atoms with van der Waals surface area (Å²) in [6, 6.07) is 14.9. The summed E-state index contributed by atoms with van der Waals surface area (Å²) in [5, 5.41) is 12.3. The maximum atomic E-state index is 12.2. The first-order chi connectivity index (χ1) is 12.7. The van der Waals surface area contributed by atoms with Gasteiger partial charge in [0.25, 0.3) is 0 Å². The topological polar surface area (TPSA) is 61.8 Å². The zero-order valence-electron chi connectivity index (χ0n) is 14.9. The van der Waals surface area contributed by atoms with Crippen molar-refractivity contribution in [2.75, 3.05) is 26.7 Å². The molecular formula is C21H24N2O3. The molecule has 0 fully saturated rings. The number of carbonyl (C=O) groups is 1. The SMILES string of the molecule is COc1ccccc1CNC(=O)CN1CC=C(c2ccc(O)cc2)CC1. The molecule has 0 spiro atoms. The van der Waals surface area contributed by atoms with Gasteiger partial charge in [0.15, 0.2) is 0 Å². The van der Waals surface area contributed by atoms with Gasteiger partial charge >= 0.3 is 0 Å². The van der Waals surface area contributed by atoms with Crippen molar-refractivity contribution in [3.8, 4) is 11.5 Å². The van der Waals surface area contributed by atoms with Gasteiger partial charge in [-0.1, -0.05) is 36.4 Å². The summed E-state index contributed by atoms with van der Waals surface area (Å²) in [6.07, 6.45) is 3.05. The number of carbonyl (C=O) groups excluding carboxylic acids is 1. The molecule has 5 heteroatoms. The minimum atomic E-state index is 0.0115. The summed E-state index contributed by atoms with van der Waals surface area (Å²) >= 11 is 0. The molecule has 136 valence electrons. The summed E-state index contributed by atoms with van der Waals surface area (Å²) < 4.78 is 5.30. The number of ether oxygens (including phenoxy) is 1. The van der Waals surface area contributed by atoms with E-state index in [9.17, 15) is 9.90 Å². The normalized spacial score (nSPS) is 14.6. The molecule has 2 N–H and O–H groups in total. The highest BCUT2D eigenvalue weighted by Crippen LogP contribution is 2.24. The predicted octanol–water partition coefficient (Wildman–Crippen LogP) is 2.81. The van der Waals surface area contributed by atoms with Gasteiger partial charge in [0.1, 0.15) is 11.5 Å². The third-order valence-corrected chi connectivity index (χ3v) is 4.57. The lowest BCUT2D eigenvalue weighted by atomic mass is 9.99. The highest BCUT2D eigenvalue weighted by atomic mass is 16.5. The Morgan fingerprint density at radius 3 is 2.65 bits per heavy atom. The maximum Gasteiger partial charge on any atom is 0.234 e. The van der Waals surface area contributed by atoms with Crippen LogP contribution in [0, 0.1) is 0 Å². The Balaban J connectivity index is 1.49. The first-order valence-corrected chi connectivity index (χ1v) is 8.75. The Morgan fingerprint density at radius 2 is 1.96 bits per heavy atom. The smallest absolute Gasteiger partial charge is 0.234 e. The molecule has 1 heterocycles. The van der Waals surface area contributed by atoms with E-state index in [-0.39, 0.29) is 11.7 Å². The summed E-state index contributed by atoms with van der Waals surface area (Å²) in [7, 11) is 1.63. The molecule has 1 aliphatic heterocycles. The number of hydrogen-bond donors (Lipinski definition) is 2. The van der Waals surface area contributed by atoms with Gasteiger partial charge in [-0.25, -0.2) is 0 Å². The molecule has 5 nitrogen and oxygen atoms in total. The monoisotopic (exact) mass is 352 g/mol. The fraction of sp³-hybridized carbons (Fsp3) is 0.286. The van der Waals surface area contributed by atoms with Crippen molar-refractivity contribution in [2.24, 2.45) is 0 Å². The first-order valence-electron chi connectivity index (χ1n) is 8.75. The van der Waals surface area contributed by atoms with E-state index in [0.29, 0.717) is 13.1 Å². The number of hydrogen-bond acceptors (Lipinski definition) is 4. The van der Waals surface area contributed by atoms with E-state index in [1.165, 1.54) is 5.57 Å². The Kier molecular flexibility index (Phi) is 5.92. The van der Waals surface area contributed by atoms with E-state index >= 15 is 0 Å². The number of nitrogens with one attached hydrogen (secondary N) is 1. The van der Waals surface area contributed by atoms with Crippen LogP contribution in [0.15, 0.2) is 54.6 Å². The average molecular weight is 352 g/mol. The van der Waals surface area contributed by atoms with Crippen LogP contribution in [-0.2, 0) is 11.3 Å². The number of phenols is 1. The second-order valence-electron chi connectivity index (χ2n) is 6.35. The molecule has 0 saturated carbocycles. The second-order valence-corrected chi connectivity index (χ2v) is 6.35. The Labute approximate surface area is 153 Å². The molecule has 0 aliphatic carbocycles. The van der Waals surface area contributed by atoms with Gasteiger partial charge in [-0.15, -0.1) is 0 Å². The zero-order valence-corrected chi connectivity index (χ0v) is 14.9. The standard InChI is InChI=1S/C21H24N2O3/c1-26-20-5-3-2-4-18(20)14-22-21(25)15-23-12-10-17(11-13-23)16-6-8-19(24)9-7-16/h2-10,24H,11-15H2,1H3,(H,22,25). The quantitative estimate of drug-likeness (QED) is 0.839. The Bertz CT molecular complexity index is 784. The second kappa shape index (κ2) is 8.54. The lowest BCUT2D eigenvalue weighted by Crippen LogP contribution is -2.39. The minimum absolute atomic E-state index is 0.0115. The molecule has 0 aromatic heterocycles. The third kappa shape index (κ3) is 4.64. The number of para-hydroxylation sites is 1. The molecule has 0 bridgehead atoms. The number of amides is 1. The molecule has 2 aromatic rings. The van der Waals surface area contributed by atoms with Crippen molar-refractivity contribution < 1.29 is 14.6 Å². The highest BCUT2D eigenvalue weighted by Gasteiger charge is 2.16. The lowest BCUT2D eigenvalue weighted by Gasteiger charge is -2.26. The van der Waals surface area contributed by atoms with Crippen molar-refractivity contribution in [2.45, 2.75) is 13.0 Å². The number of nitrogens with zero attached hydrogens (tertiary/aromatic N) is 1. The summed E-state index contributed by atoms with van der Waals surface area (Å²) in [4.78, 5) is 14.4. The van der Waals surface area contributed by atoms with Crippen LogP contribution in [-0.4, -0.2) is 42.7 Å². The molecule has 1 amide bonds. The van der Waals surface area contributed by atoms with Gasteiger partial charge in [0, 0.05) is 25.2 Å². The predicted molar refractivity (Wildman–Crippen MR) is 102 cm³/mol. The number of benzene rings is 2. The molecule has 0 saturated heterocycles. The van der Waals surface area contributed by atoms with E-state index in [4.69, 9.17) is 4.74 Å². The number of aromatic hydroxyl groups is 1. The molecule has 2 aromatic carbocycles. The largest absolute Gasteiger partial charge is 0.508 e. The van der Waals surface area contributed by atoms with Crippen molar-refractivity contribution in [3.05, 3.63) is 65.7 Å². The molecule has 0 atom stereocenters. The Hall–Kier alpha value is -2.79. The zero-order chi connectivity index (χ0) is 18.4. The van der Waals surface area contributed by atoms with Gasteiger partial charge in [-0.3, -0.25) is 9.69 Å². The molecule has 0 radical (unpaired) electrons.